The predicted octanol–water partition coefficient (Wildman–Crippen LogP) is 0.776. The minimum absolute atomic E-state index is 0.175. The van der Waals surface area contributed by atoms with Crippen LogP contribution in [0.1, 0.15) is 25.7 Å². The summed E-state index contributed by atoms with van der Waals surface area (Å²) in [6, 6.07) is 0. The SMILES string of the molecule is OC[C@H]1C[C@@H]2CCC[C@H]2[C@H]1O. The molecule has 0 amide bonds. The summed E-state index contributed by atoms with van der Waals surface area (Å²) in [7, 11) is 0. The van der Waals surface area contributed by atoms with Crippen molar-refractivity contribution in [3.05, 3.63) is 0 Å². The fourth-order valence-corrected chi connectivity index (χ4v) is 2.87. The maximum Gasteiger partial charge on any atom is 0.0621 e. The average Bonchev–Trinajstić information content (AvgIpc) is 2.53. The van der Waals surface area contributed by atoms with E-state index in [-0.39, 0.29) is 18.6 Å². The van der Waals surface area contributed by atoms with Crippen LogP contribution in [0.3, 0.4) is 0 Å². The first-order valence-corrected chi connectivity index (χ1v) is 4.62. The molecule has 0 unspecified atom stereocenters. The molecule has 0 saturated heterocycles. The Morgan fingerprint density at radius 2 is 2.09 bits per heavy atom. The zero-order valence-corrected chi connectivity index (χ0v) is 6.74. The molecule has 0 aromatic heterocycles. The Hall–Kier alpha value is -0.0800. The summed E-state index contributed by atoms with van der Waals surface area (Å²) in [5, 5.41) is 18.6. The summed E-state index contributed by atoms with van der Waals surface area (Å²) < 4.78 is 0. The number of aliphatic hydroxyl groups is 2. The lowest BCUT2D eigenvalue weighted by Gasteiger charge is -2.15. The van der Waals surface area contributed by atoms with Crippen molar-refractivity contribution in [1.82, 2.24) is 0 Å². The summed E-state index contributed by atoms with van der Waals surface area (Å²) in [5.74, 6) is 1.43. The van der Waals surface area contributed by atoms with Crippen LogP contribution in [-0.4, -0.2) is 22.9 Å². The van der Waals surface area contributed by atoms with Crippen LogP contribution >= 0.6 is 0 Å². The van der Waals surface area contributed by atoms with Crippen LogP contribution in [0.4, 0.5) is 0 Å². The van der Waals surface area contributed by atoms with Gasteiger partial charge in [0.1, 0.15) is 0 Å². The first kappa shape index (κ1) is 7.56. The van der Waals surface area contributed by atoms with E-state index in [0.717, 1.165) is 12.3 Å². The molecule has 2 rings (SSSR count). The fraction of sp³-hybridized carbons (Fsp3) is 1.00. The van der Waals surface area contributed by atoms with Gasteiger partial charge in [-0.05, 0) is 24.7 Å². The molecule has 2 heteroatoms. The number of rotatable bonds is 1. The molecule has 0 bridgehead atoms. The highest BCUT2D eigenvalue weighted by molar-refractivity contribution is 4.93. The Morgan fingerprint density at radius 3 is 2.73 bits per heavy atom. The van der Waals surface area contributed by atoms with E-state index in [4.69, 9.17) is 5.11 Å². The Kier molecular flexibility index (Phi) is 1.90. The topological polar surface area (TPSA) is 40.5 Å². The van der Waals surface area contributed by atoms with Crippen LogP contribution in [0, 0.1) is 17.8 Å². The van der Waals surface area contributed by atoms with Gasteiger partial charge in [0.2, 0.25) is 0 Å². The van der Waals surface area contributed by atoms with Gasteiger partial charge in [0, 0.05) is 12.5 Å². The quantitative estimate of drug-likeness (QED) is 0.589. The van der Waals surface area contributed by atoms with Gasteiger partial charge in [0.15, 0.2) is 0 Å². The summed E-state index contributed by atoms with van der Waals surface area (Å²) in [5.41, 5.74) is 0. The van der Waals surface area contributed by atoms with Crippen LogP contribution in [0.25, 0.3) is 0 Å². The van der Waals surface area contributed by atoms with E-state index >= 15 is 0 Å². The highest BCUT2D eigenvalue weighted by Crippen LogP contribution is 2.46. The second-order valence-electron chi connectivity index (χ2n) is 4.02. The van der Waals surface area contributed by atoms with E-state index in [0.29, 0.717) is 5.92 Å². The Balaban J connectivity index is 2.04. The van der Waals surface area contributed by atoms with E-state index in [1.807, 2.05) is 0 Å². The van der Waals surface area contributed by atoms with Crippen LogP contribution in [0.15, 0.2) is 0 Å². The van der Waals surface area contributed by atoms with E-state index in [1.165, 1.54) is 19.3 Å². The molecule has 0 spiro atoms. The van der Waals surface area contributed by atoms with Crippen LogP contribution < -0.4 is 0 Å². The Bertz CT molecular complexity index is 146. The molecule has 2 aliphatic rings. The second-order valence-corrected chi connectivity index (χ2v) is 4.02. The van der Waals surface area contributed by atoms with Gasteiger partial charge >= 0.3 is 0 Å². The van der Waals surface area contributed by atoms with Crippen molar-refractivity contribution in [3.8, 4) is 0 Å². The van der Waals surface area contributed by atoms with E-state index < -0.39 is 0 Å². The number of hydrogen-bond acceptors (Lipinski definition) is 2. The molecular formula is C9H16O2. The molecule has 2 fully saturated rings. The van der Waals surface area contributed by atoms with Crippen molar-refractivity contribution in [1.29, 1.82) is 0 Å². The van der Waals surface area contributed by atoms with Crippen molar-refractivity contribution >= 4 is 0 Å². The molecule has 64 valence electrons. The van der Waals surface area contributed by atoms with Crippen molar-refractivity contribution in [2.24, 2.45) is 17.8 Å². The molecule has 0 aromatic rings. The highest BCUT2D eigenvalue weighted by atomic mass is 16.3. The van der Waals surface area contributed by atoms with Gasteiger partial charge in [-0.25, -0.2) is 0 Å². The highest BCUT2D eigenvalue weighted by Gasteiger charge is 2.43. The third-order valence-electron chi connectivity index (χ3n) is 3.48. The minimum Gasteiger partial charge on any atom is -0.396 e. The molecule has 0 aromatic carbocycles. The second kappa shape index (κ2) is 2.76. The van der Waals surface area contributed by atoms with Crippen molar-refractivity contribution in [3.63, 3.8) is 0 Å². The predicted molar refractivity (Wildman–Crippen MR) is 42.0 cm³/mol. The Labute approximate surface area is 67.2 Å². The molecule has 2 saturated carbocycles. The van der Waals surface area contributed by atoms with Gasteiger partial charge in [-0.1, -0.05) is 12.8 Å². The van der Waals surface area contributed by atoms with Gasteiger partial charge in [0.05, 0.1) is 6.10 Å². The molecule has 0 heterocycles. The van der Waals surface area contributed by atoms with E-state index in [1.54, 1.807) is 0 Å². The van der Waals surface area contributed by atoms with Crippen molar-refractivity contribution in [2.45, 2.75) is 31.8 Å². The summed E-state index contributed by atoms with van der Waals surface area (Å²) in [6.45, 7) is 0.175. The van der Waals surface area contributed by atoms with Gasteiger partial charge in [-0.15, -0.1) is 0 Å². The number of aliphatic hydroxyl groups excluding tert-OH is 2. The van der Waals surface area contributed by atoms with Crippen LogP contribution in [0.5, 0.6) is 0 Å². The molecule has 4 atom stereocenters. The molecule has 0 aliphatic heterocycles. The first-order valence-electron chi connectivity index (χ1n) is 4.62. The summed E-state index contributed by atoms with van der Waals surface area (Å²) >= 11 is 0. The maximum absolute atomic E-state index is 9.70. The minimum atomic E-state index is -0.201. The fourth-order valence-electron chi connectivity index (χ4n) is 2.87. The van der Waals surface area contributed by atoms with Gasteiger partial charge in [-0.3, -0.25) is 0 Å². The summed E-state index contributed by atoms with van der Waals surface area (Å²) in [6.07, 6.45) is 4.60. The zero-order chi connectivity index (χ0) is 7.84. The molecule has 11 heavy (non-hydrogen) atoms. The first-order chi connectivity index (χ1) is 5.33. The third-order valence-corrected chi connectivity index (χ3v) is 3.48. The Morgan fingerprint density at radius 1 is 1.27 bits per heavy atom. The van der Waals surface area contributed by atoms with E-state index in [2.05, 4.69) is 0 Å². The molecular weight excluding hydrogens is 140 g/mol. The maximum atomic E-state index is 9.70. The van der Waals surface area contributed by atoms with Crippen LogP contribution in [-0.2, 0) is 0 Å². The number of fused-ring (bicyclic) bond motifs is 1. The third kappa shape index (κ3) is 1.09. The van der Waals surface area contributed by atoms with Gasteiger partial charge in [0.25, 0.3) is 0 Å². The smallest absolute Gasteiger partial charge is 0.0621 e. The molecule has 0 radical (unpaired) electrons. The molecule has 2 aliphatic carbocycles. The van der Waals surface area contributed by atoms with Crippen LogP contribution in [0.2, 0.25) is 0 Å². The average molecular weight is 156 g/mol. The molecule has 2 N–H and O–H groups in total. The normalized spacial score (nSPS) is 49.6. The van der Waals surface area contributed by atoms with Gasteiger partial charge in [-0.2, -0.15) is 0 Å². The summed E-state index contributed by atoms with van der Waals surface area (Å²) in [4.78, 5) is 0. The largest absolute Gasteiger partial charge is 0.396 e. The number of hydrogen-bond donors (Lipinski definition) is 2. The lowest BCUT2D eigenvalue weighted by molar-refractivity contribution is 0.0594. The van der Waals surface area contributed by atoms with Crippen molar-refractivity contribution < 1.29 is 10.2 Å². The zero-order valence-electron chi connectivity index (χ0n) is 6.74. The van der Waals surface area contributed by atoms with Gasteiger partial charge < -0.3 is 10.2 Å². The van der Waals surface area contributed by atoms with Crippen molar-refractivity contribution in [2.75, 3.05) is 6.61 Å². The monoisotopic (exact) mass is 156 g/mol. The standard InChI is InChI=1S/C9H16O2/c10-5-7-4-6-2-1-3-8(6)9(7)11/h6-11H,1-5H2/t6-,7+,8+,9-/m0/s1. The van der Waals surface area contributed by atoms with E-state index in [9.17, 15) is 5.11 Å². The lowest BCUT2D eigenvalue weighted by Crippen LogP contribution is -2.23. The molecule has 2 nitrogen and oxygen atoms in total. The lowest BCUT2D eigenvalue weighted by atomic mass is 9.99.